The number of benzene rings is 1. The molecule has 1 aromatic rings. The SMILES string of the molecule is N[C@@H](CC1CCCCC1)[C@@H](O)CNC(=O)OCc1ccccc1. The topological polar surface area (TPSA) is 84.6 Å². The number of rotatable bonds is 7. The molecule has 0 aliphatic heterocycles. The van der Waals surface area contributed by atoms with Crippen LogP contribution in [0.5, 0.6) is 0 Å². The van der Waals surface area contributed by atoms with Gasteiger partial charge in [0.1, 0.15) is 6.61 Å². The number of aliphatic hydroxyl groups is 1. The number of alkyl carbamates (subject to hydrolysis) is 1. The van der Waals surface area contributed by atoms with Crippen molar-refractivity contribution in [3.63, 3.8) is 0 Å². The Labute approximate surface area is 138 Å². The molecule has 2 rings (SSSR count). The van der Waals surface area contributed by atoms with Crippen molar-refractivity contribution in [2.75, 3.05) is 6.54 Å². The van der Waals surface area contributed by atoms with Crippen molar-refractivity contribution in [3.05, 3.63) is 35.9 Å². The maximum atomic E-state index is 11.6. The molecule has 0 spiro atoms. The maximum Gasteiger partial charge on any atom is 0.407 e. The van der Waals surface area contributed by atoms with Gasteiger partial charge in [0.2, 0.25) is 0 Å². The van der Waals surface area contributed by atoms with Crippen molar-refractivity contribution in [1.29, 1.82) is 0 Å². The van der Waals surface area contributed by atoms with Crippen molar-refractivity contribution in [1.82, 2.24) is 5.32 Å². The highest BCUT2D eigenvalue weighted by Crippen LogP contribution is 2.27. The van der Waals surface area contributed by atoms with E-state index in [0.717, 1.165) is 12.0 Å². The molecule has 0 radical (unpaired) electrons. The Morgan fingerprint density at radius 1 is 1.26 bits per heavy atom. The Morgan fingerprint density at radius 3 is 2.65 bits per heavy atom. The average molecular weight is 320 g/mol. The third-order valence-corrected chi connectivity index (χ3v) is 4.49. The van der Waals surface area contributed by atoms with Gasteiger partial charge in [-0.15, -0.1) is 0 Å². The second kappa shape index (κ2) is 9.53. The van der Waals surface area contributed by atoms with Gasteiger partial charge < -0.3 is 20.9 Å². The van der Waals surface area contributed by atoms with Gasteiger partial charge in [-0.2, -0.15) is 0 Å². The highest BCUT2D eigenvalue weighted by atomic mass is 16.5. The third-order valence-electron chi connectivity index (χ3n) is 4.49. The lowest BCUT2D eigenvalue weighted by Crippen LogP contribution is -2.44. The Bertz CT molecular complexity index is 461. The van der Waals surface area contributed by atoms with E-state index in [1.54, 1.807) is 0 Å². The molecule has 1 aromatic carbocycles. The summed E-state index contributed by atoms with van der Waals surface area (Å²) >= 11 is 0. The van der Waals surface area contributed by atoms with Gasteiger partial charge in [0, 0.05) is 12.6 Å². The summed E-state index contributed by atoms with van der Waals surface area (Å²) in [5, 5.41) is 12.7. The lowest BCUT2D eigenvalue weighted by atomic mass is 9.84. The number of nitrogens with one attached hydrogen (secondary N) is 1. The summed E-state index contributed by atoms with van der Waals surface area (Å²) in [4.78, 5) is 11.6. The third kappa shape index (κ3) is 6.59. The number of aliphatic hydroxyl groups excluding tert-OH is 1. The zero-order chi connectivity index (χ0) is 16.5. The van der Waals surface area contributed by atoms with Crippen molar-refractivity contribution in [2.24, 2.45) is 11.7 Å². The van der Waals surface area contributed by atoms with E-state index in [1.165, 1.54) is 32.1 Å². The Hall–Kier alpha value is -1.59. The minimum atomic E-state index is -0.735. The fourth-order valence-electron chi connectivity index (χ4n) is 3.08. The van der Waals surface area contributed by atoms with Crippen molar-refractivity contribution >= 4 is 6.09 Å². The van der Waals surface area contributed by atoms with Gasteiger partial charge in [-0.25, -0.2) is 4.79 Å². The van der Waals surface area contributed by atoms with E-state index in [1.807, 2.05) is 30.3 Å². The lowest BCUT2D eigenvalue weighted by Gasteiger charge is -2.27. The molecule has 23 heavy (non-hydrogen) atoms. The summed E-state index contributed by atoms with van der Waals surface area (Å²) in [5.74, 6) is 0.610. The molecule has 5 nitrogen and oxygen atoms in total. The minimum Gasteiger partial charge on any atom is -0.445 e. The standard InChI is InChI=1S/C18H28N2O3/c19-16(11-14-7-3-1-4-8-14)17(21)12-20-18(22)23-13-15-9-5-2-6-10-15/h2,5-6,9-10,14,16-17,21H,1,3-4,7-8,11-13,19H2,(H,20,22)/t16-,17-/m0/s1. The first kappa shape index (κ1) is 17.8. The van der Waals surface area contributed by atoms with Crippen LogP contribution in [0.2, 0.25) is 0 Å². The second-order valence-electron chi connectivity index (χ2n) is 6.41. The monoisotopic (exact) mass is 320 g/mol. The molecule has 0 saturated heterocycles. The molecule has 2 atom stereocenters. The second-order valence-corrected chi connectivity index (χ2v) is 6.41. The van der Waals surface area contributed by atoms with Crippen LogP contribution < -0.4 is 11.1 Å². The zero-order valence-electron chi connectivity index (χ0n) is 13.6. The molecule has 1 amide bonds. The molecular weight excluding hydrogens is 292 g/mol. The molecule has 1 aliphatic carbocycles. The minimum absolute atomic E-state index is 0.126. The summed E-state index contributed by atoms with van der Waals surface area (Å²) < 4.78 is 5.11. The zero-order valence-corrected chi connectivity index (χ0v) is 13.6. The summed E-state index contributed by atoms with van der Waals surface area (Å²) in [6, 6.07) is 9.18. The molecule has 0 aromatic heterocycles. The van der Waals surface area contributed by atoms with E-state index in [-0.39, 0.29) is 19.2 Å². The van der Waals surface area contributed by atoms with E-state index >= 15 is 0 Å². The van der Waals surface area contributed by atoms with Crippen LogP contribution in [0.15, 0.2) is 30.3 Å². The van der Waals surface area contributed by atoms with Gasteiger partial charge in [0.05, 0.1) is 6.10 Å². The number of carbonyl (C=O) groups excluding carboxylic acids is 1. The van der Waals surface area contributed by atoms with Gasteiger partial charge in [0.25, 0.3) is 0 Å². The first-order valence-corrected chi connectivity index (χ1v) is 8.53. The van der Waals surface area contributed by atoms with E-state index in [9.17, 15) is 9.90 Å². The Morgan fingerprint density at radius 2 is 1.96 bits per heavy atom. The average Bonchev–Trinajstić information content (AvgIpc) is 2.59. The molecule has 0 heterocycles. The van der Waals surface area contributed by atoms with Crippen LogP contribution >= 0.6 is 0 Å². The van der Waals surface area contributed by atoms with E-state index in [2.05, 4.69) is 5.32 Å². The quantitative estimate of drug-likeness (QED) is 0.721. The van der Waals surface area contributed by atoms with Crippen molar-refractivity contribution in [3.8, 4) is 0 Å². The normalized spacial score (nSPS) is 18.2. The highest BCUT2D eigenvalue weighted by Gasteiger charge is 2.22. The van der Waals surface area contributed by atoms with Gasteiger partial charge in [-0.3, -0.25) is 0 Å². The molecule has 1 aliphatic rings. The lowest BCUT2D eigenvalue weighted by molar-refractivity contribution is 0.108. The van der Waals surface area contributed by atoms with E-state index in [0.29, 0.717) is 5.92 Å². The van der Waals surface area contributed by atoms with Crippen molar-refractivity contribution in [2.45, 2.75) is 57.3 Å². The van der Waals surface area contributed by atoms with Crippen LogP contribution in [-0.2, 0) is 11.3 Å². The first-order chi connectivity index (χ1) is 11.1. The molecule has 0 bridgehead atoms. The summed E-state index contributed by atoms with van der Waals surface area (Å²) in [7, 11) is 0. The molecule has 128 valence electrons. The Kier molecular flexibility index (Phi) is 7.36. The van der Waals surface area contributed by atoms with E-state index in [4.69, 9.17) is 10.5 Å². The van der Waals surface area contributed by atoms with Crippen LogP contribution in [0.1, 0.15) is 44.1 Å². The first-order valence-electron chi connectivity index (χ1n) is 8.53. The number of ether oxygens (including phenoxy) is 1. The highest BCUT2D eigenvalue weighted by molar-refractivity contribution is 5.67. The smallest absolute Gasteiger partial charge is 0.407 e. The van der Waals surface area contributed by atoms with Gasteiger partial charge in [-0.1, -0.05) is 62.4 Å². The summed E-state index contributed by atoms with van der Waals surface area (Å²) in [5.41, 5.74) is 6.99. The Balaban J connectivity index is 1.62. The molecule has 1 fully saturated rings. The van der Waals surface area contributed by atoms with Crippen molar-refractivity contribution < 1.29 is 14.6 Å². The number of nitrogens with two attached hydrogens (primary N) is 1. The summed E-state index contributed by atoms with van der Waals surface area (Å²) in [6.07, 6.45) is 5.79. The largest absolute Gasteiger partial charge is 0.445 e. The molecule has 0 unspecified atom stereocenters. The molecule has 4 N–H and O–H groups in total. The number of carbonyl (C=O) groups is 1. The van der Waals surface area contributed by atoms with Gasteiger partial charge in [0.15, 0.2) is 0 Å². The maximum absolute atomic E-state index is 11.6. The molecule has 1 saturated carbocycles. The molecular formula is C18H28N2O3. The van der Waals surface area contributed by atoms with Gasteiger partial charge in [-0.05, 0) is 17.9 Å². The van der Waals surface area contributed by atoms with Crippen LogP contribution in [0.4, 0.5) is 4.79 Å². The van der Waals surface area contributed by atoms with Crippen LogP contribution in [-0.4, -0.2) is 29.9 Å². The number of hydrogen-bond donors (Lipinski definition) is 3. The van der Waals surface area contributed by atoms with E-state index < -0.39 is 12.2 Å². The predicted molar refractivity (Wildman–Crippen MR) is 89.8 cm³/mol. The van der Waals surface area contributed by atoms with Crippen LogP contribution in [0.3, 0.4) is 0 Å². The fraction of sp³-hybridized carbons (Fsp3) is 0.611. The number of hydrogen-bond acceptors (Lipinski definition) is 4. The predicted octanol–water partition coefficient (Wildman–Crippen LogP) is 2.57. The van der Waals surface area contributed by atoms with Crippen LogP contribution in [0.25, 0.3) is 0 Å². The fourth-order valence-corrected chi connectivity index (χ4v) is 3.08. The number of amides is 1. The van der Waals surface area contributed by atoms with Gasteiger partial charge >= 0.3 is 6.09 Å². The van der Waals surface area contributed by atoms with Crippen LogP contribution in [0, 0.1) is 5.92 Å². The molecule has 5 heteroatoms. The summed E-state index contributed by atoms with van der Waals surface area (Å²) in [6.45, 7) is 0.346.